The second kappa shape index (κ2) is 7.39. The Morgan fingerprint density at radius 3 is 3.17 bits per heavy atom. The van der Waals surface area contributed by atoms with E-state index in [1.807, 2.05) is 0 Å². The van der Waals surface area contributed by atoms with Gasteiger partial charge in [-0.3, -0.25) is 0 Å². The van der Waals surface area contributed by atoms with Gasteiger partial charge in [0.1, 0.15) is 0 Å². The van der Waals surface area contributed by atoms with E-state index in [0.717, 1.165) is 32.7 Å². The molecular formula is C15H24N2O. The van der Waals surface area contributed by atoms with Crippen LogP contribution < -0.4 is 10.6 Å². The number of benzene rings is 1. The number of rotatable bonds is 7. The summed E-state index contributed by atoms with van der Waals surface area (Å²) in [7, 11) is 1.76. The van der Waals surface area contributed by atoms with E-state index >= 15 is 0 Å². The van der Waals surface area contributed by atoms with Crippen LogP contribution in [-0.4, -0.2) is 26.8 Å². The van der Waals surface area contributed by atoms with Crippen LogP contribution in [0.1, 0.15) is 30.4 Å². The number of ether oxygens (including phenoxy) is 1. The third-order valence-electron chi connectivity index (χ3n) is 3.43. The summed E-state index contributed by atoms with van der Waals surface area (Å²) in [5.41, 5.74) is 4.24. The third-order valence-corrected chi connectivity index (χ3v) is 3.43. The Kier molecular flexibility index (Phi) is 5.49. The molecule has 0 aliphatic carbocycles. The molecule has 100 valence electrons. The fraction of sp³-hybridized carbons (Fsp3) is 0.600. The van der Waals surface area contributed by atoms with Crippen molar-refractivity contribution >= 4 is 5.69 Å². The number of aryl methyl sites for hydroxylation is 1. The molecule has 3 nitrogen and oxygen atoms in total. The van der Waals surface area contributed by atoms with E-state index < -0.39 is 0 Å². The highest BCUT2D eigenvalue weighted by Gasteiger charge is 2.11. The van der Waals surface area contributed by atoms with Crippen molar-refractivity contribution < 1.29 is 4.74 Å². The Balaban J connectivity index is 1.79. The van der Waals surface area contributed by atoms with Gasteiger partial charge in [0.2, 0.25) is 0 Å². The van der Waals surface area contributed by atoms with Gasteiger partial charge in [-0.1, -0.05) is 18.2 Å². The van der Waals surface area contributed by atoms with Gasteiger partial charge in [-0.05, 0) is 43.4 Å². The molecule has 0 saturated heterocycles. The Labute approximate surface area is 110 Å². The van der Waals surface area contributed by atoms with Crippen LogP contribution in [-0.2, 0) is 17.7 Å². The highest BCUT2D eigenvalue weighted by Crippen LogP contribution is 2.25. The molecule has 1 aromatic carbocycles. The molecule has 0 unspecified atom stereocenters. The van der Waals surface area contributed by atoms with Gasteiger partial charge in [-0.25, -0.2) is 0 Å². The molecule has 0 aromatic heterocycles. The molecule has 0 saturated carbocycles. The number of fused-ring (bicyclic) bond motifs is 1. The van der Waals surface area contributed by atoms with Crippen molar-refractivity contribution in [2.24, 2.45) is 0 Å². The molecule has 2 N–H and O–H groups in total. The van der Waals surface area contributed by atoms with Crippen LogP contribution in [0.5, 0.6) is 0 Å². The molecule has 3 heteroatoms. The second-order valence-electron chi connectivity index (χ2n) is 4.86. The van der Waals surface area contributed by atoms with Crippen molar-refractivity contribution in [1.82, 2.24) is 5.32 Å². The Morgan fingerprint density at radius 1 is 1.33 bits per heavy atom. The van der Waals surface area contributed by atoms with Crippen LogP contribution in [0.15, 0.2) is 18.2 Å². The first-order chi connectivity index (χ1) is 8.92. The zero-order valence-corrected chi connectivity index (χ0v) is 11.3. The van der Waals surface area contributed by atoms with Crippen LogP contribution in [0.3, 0.4) is 0 Å². The average Bonchev–Trinajstić information content (AvgIpc) is 2.43. The van der Waals surface area contributed by atoms with Crippen molar-refractivity contribution in [2.75, 3.05) is 32.1 Å². The molecule has 1 aliphatic rings. The van der Waals surface area contributed by atoms with Crippen molar-refractivity contribution in [3.63, 3.8) is 0 Å². The van der Waals surface area contributed by atoms with Gasteiger partial charge >= 0.3 is 0 Å². The van der Waals surface area contributed by atoms with Crippen molar-refractivity contribution in [3.05, 3.63) is 29.3 Å². The first kappa shape index (κ1) is 13.4. The van der Waals surface area contributed by atoms with E-state index in [1.54, 1.807) is 7.11 Å². The summed E-state index contributed by atoms with van der Waals surface area (Å²) in [5.74, 6) is 0. The number of hydrogen-bond donors (Lipinski definition) is 2. The van der Waals surface area contributed by atoms with Crippen LogP contribution in [0.4, 0.5) is 5.69 Å². The van der Waals surface area contributed by atoms with E-state index in [9.17, 15) is 0 Å². The molecule has 1 aromatic rings. The SMILES string of the molecule is COCCCCNCc1cccc2c1NCCC2. The first-order valence-corrected chi connectivity index (χ1v) is 6.96. The molecule has 1 aliphatic heterocycles. The minimum atomic E-state index is 0.865. The lowest BCUT2D eigenvalue weighted by molar-refractivity contribution is 0.192. The molecule has 0 radical (unpaired) electrons. The summed E-state index contributed by atoms with van der Waals surface area (Å²) in [5, 5.41) is 7.05. The van der Waals surface area contributed by atoms with E-state index in [2.05, 4.69) is 28.8 Å². The van der Waals surface area contributed by atoms with Crippen LogP contribution in [0, 0.1) is 0 Å². The predicted molar refractivity (Wildman–Crippen MR) is 76.1 cm³/mol. The summed E-state index contributed by atoms with van der Waals surface area (Å²) >= 11 is 0. The lowest BCUT2D eigenvalue weighted by atomic mass is 9.99. The largest absolute Gasteiger partial charge is 0.385 e. The molecular weight excluding hydrogens is 224 g/mol. The van der Waals surface area contributed by atoms with Gasteiger partial charge < -0.3 is 15.4 Å². The topological polar surface area (TPSA) is 33.3 Å². The highest BCUT2D eigenvalue weighted by molar-refractivity contribution is 5.59. The van der Waals surface area contributed by atoms with E-state index in [0.29, 0.717) is 0 Å². The van der Waals surface area contributed by atoms with Gasteiger partial charge in [0.15, 0.2) is 0 Å². The molecule has 2 rings (SSSR count). The molecule has 0 fully saturated rings. The number of methoxy groups -OCH3 is 1. The molecule has 1 heterocycles. The highest BCUT2D eigenvalue weighted by atomic mass is 16.5. The van der Waals surface area contributed by atoms with E-state index in [-0.39, 0.29) is 0 Å². The maximum absolute atomic E-state index is 5.04. The van der Waals surface area contributed by atoms with Gasteiger partial charge in [0.25, 0.3) is 0 Å². The lowest BCUT2D eigenvalue weighted by Crippen LogP contribution is -2.19. The summed E-state index contributed by atoms with van der Waals surface area (Å²) in [6.45, 7) is 4.00. The van der Waals surface area contributed by atoms with Crippen LogP contribution >= 0.6 is 0 Å². The molecule has 0 bridgehead atoms. The third kappa shape index (κ3) is 3.72. The number of anilines is 1. The van der Waals surface area contributed by atoms with Crippen molar-refractivity contribution in [1.29, 1.82) is 0 Å². The Morgan fingerprint density at radius 2 is 2.28 bits per heavy atom. The van der Waals surface area contributed by atoms with Crippen molar-refractivity contribution in [2.45, 2.75) is 32.2 Å². The van der Waals surface area contributed by atoms with Crippen LogP contribution in [0.25, 0.3) is 0 Å². The predicted octanol–water partition coefficient (Wildman–Crippen LogP) is 2.56. The van der Waals surface area contributed by atoms with Gasteiger partial charge in [0, 0.05) is 32.5 Å². The number of hydrogen-bond acceptors (Lipinski definition) is 3. The second-order valence-corrected chi connectivity index (χ2v) is 4.86. The minimum Gasteiger partial charge on any atom is -0.385 e. The molecule has 0 amide bonds. The zero-order valence-electron chi connectivity index (χ0n) is 11.3. The van der Waals surface area contributed by atoms with E-state index in [1.165, 1.54) is 36.1 Å². The standard InChI is InChI=1S/C15H24N2O/c1-18-11-3-2-9-16-12-14-7-4-6-13-8-5-10-17-15(13)14/h4,6-7,16-17H,2-3,5,8-12H2,1H3. The maximum Gasteiger partial charge on any atom is 0.0462 e. The van der Waals surface area contributed by atoms with Crippen LogP contribution in [0.2, 0.25) is 0 Å². The fourth-order valence-electron chi connectivity index (χ4n) is 2.45. The van der Waals surface area contributed by atoms with Gasteiger partial charge in [0.05, 0.1) is 0 Å². The zero-order chi connectivity index (χ0) is 12.6. The Hall–Kier alpha value is -1.06. The quantitative estimate of drug-likeness (QED) is 0.728. The molecule has 0 atom stereocenters. The average molecular weight is 248 g/mol. The first-order valence-electron chi connectivity index (χ1n) is 6.96. The number of unbranched alkanes of at least 4 members (excludes halogenated alkanes) is 1. The number of para-hydroxylation sites is 1. The smallest absolute Gasteiger partial charge is 0.0462 e. The fourth-order valence-corrected chi connectivity index (χ4v) is 2.45. The molecule has 0 spiro atoms. The Bertz CT molecular complexity index is 366. The van der Waals surface area contributed by atoms with Crippen molar-refractivity contribution in [3.8, 4) is 0 Å². The van der Waals surface area contributed by atoms with E-state index in [4.69, 9.17) is 4.74 Å². The molecule has 18 heavy (non-hydrogen) atoms. The summed E-state index contributed by atoms with van der Waals surface area (Å²) < 4.78 is 5.04. The van der Waals surface area contributed by atoms with Gasteiger partial charge in [-0.2, -0.15) is 0 Å². The normalized spacial score (nSPS) is 14.1. The summed E-state index contributed by atoms with van der Waals surface area (Å²) in [6.07, 6.45) is 4.77. The monoisotopic (exact) mass is 248 g/mol. The maximum atomic E-state index is 5.04. The lowest BCUT2D eigenvalue weighted by Gasteiger charge is -2.21. The summed E-state index contributed by atoms with van der Waals surface area (Å²) in [4.78, 5) is 0. The summed E-state index contributed by atoms with van der Waals surface area (Å²) in [6, 6.07) is 6.64. The minimum absolute atomic E-state index is 0.865. The van der Waals surface area contributed by atoms with Gasteiger partial charge in [-0.15, -0.1) is 0 Å². The number of nitrogens with one attached hydrogen (secondary N) is 2.